The number of sulfonamides is 1. The van der Waals surface area contributed by atoms with E-state index in [0.29, 0.717) is 18.0 Å². The first-order chi connectivity index (χ1) is 12.4. The molecule has 5 heteroatoms. The second-order valence-electron chi connectivity index (χ2n) is 7.57. The molecular weight excluding hydrogens is 346 g/mol. The first kappa shape index (κ1) is 17.6. The molecule has 4 nitrogen and oxygen atoms in total. The summed E-state index contributed by atoms with van der Waals surface area (Å²) in [5.41, 5.74) is 2.92. The highest BCUT2D eigenvalue weighted by Gasteiger charge is 2.42. The van der Waals surface area contributed by atoms with Crippen LogP contribution in [0.1, 0.15) is 36.0 Å². The van der Waals surface area contributed by atoms with E-state index in [1.807, 2.05) is 44.2 Å². The van der Waals surface area contributed by atoms with Crippen molar-refractivity contribution in [3.05, 3.63) is 59.2 Å². The third-order valence-electron chi connectivity index (χ3n) is 5.73. The van der Waals surface area contributed by atoms with Gasteiger partial charge in [0.25, 0.3) is 0 Å². The van der Waals surface area contributed by atoms with Gasteiger partial charge in [-0.3, -0.25) is 0 Å². The fourth-order valence-corrected chi connectivity index (χ4v) is 5.82. The molecule has 2 heterocycles. The molecule has 0 aliphatic carbocycles. The largest absolute Gasteiger partial charge is 0.487 e. The number of benzene rings is 2. The maximum atomic E-state index is 13.1. The zero-order valence-electron chi connectivity index (χ0n) is 15.4. The van der Waals surface area contributed by atoms with Crippen molar-refractivity contribution in [2.45, 2.75) is 50.0 Å². The number of hydrogen-bond donors (Lipinski definition) is 0. The number of fused-ring (bicyclic) bond motifs is 1. The van der Waals surface area contributed by atoms with Crippen LogP contribution in [0.25, 0.3) is 0 Å². The molecule has 0 N–H and O–H groups in total. The highest BCUT2D eigenvalue weighted by molar-refractivity contribution is 7.89. The minimum atomic E-state index is -3.45. The Labute approximate surface area is 155 Å². The summed E-state index contributed by atoms with van der Waals surface area (Å²) in [5, 5.41) is 0. The Morgan fingerprint density at radius 1 is 1.00 bits per heavy atom. The van der Waals surface area contributed by atoms with Crippen LogP contribution >= 0.6 is 0 Å². The number of ether oxygens (including phenoxy) is 1. The molecule has 1 saturated heterocycles. The van der Waals surface area contributed by atoms with Gasteiger partial charge in [0.15, 0.2) is 0 Å². The Kier molecular flexibility index (Phi) is 4.32. The SMILES string of the molecule is Cc1ccc(S(=O)(=O)N2CCC3(CCc4ccccc4O3)CC2)c(C)c1. The average molecular weight is 372 g/mol. The molecule has 0 bridgehead atoms. The molecule has 2 aromatic carbocycles. The van der Waals surface area contributed by atoms with E-state index in [1.165, 1.54) is 5.56 Å². The van der Waals surface area contributed by atoms with Crippen LogP contribution in [-0.2, 0) is 16.4 Å². The summed E-state index contributed by atoms with van der Waals surface area (Å²) in [4.78, 5) is 0.425. The van der Waals surface area contributed by atoms with E-state index in [9.17, 15) is 8.42 Å². The molecule has 0 aromatic heterocycles. The molecule has 138 valence electrons. The van der Waals surface area contributed by atoms with Crippen molar-refractivity contribution >= 4 is 10.0 Å². The molecule has 0 radical (unpaired) electrons. The second-order valence-corrected chi connectivity index (χ2v) is 9.47. The fraction of sp³-hybridized carbons (Fsp3) is 0.429. The normalized spacial score (nSPS) is 19.8. The van der Waals surface area contributed by atoms with Crippen molar-refractivity contribution in [1.29, 1.82) is 0 Å². The van der Waals surface area contributed by atoms with Crippen LogP contribution in [-0.4, -0.2) is 31.4 Å². The van der Waals surface area contributed by atoms with Gasteiger partial charge in [-0.05, 0) is 49.9 Å². The monoisotopic (exact) mass is 371 g/mol. The van der Waals surface area contributed by atoms with Crippen molar-refractivity contribution in [3.8, 4) is 5.75 Å². The smallest absolute Gasteiger partial charge is 0.243 e. The highest BCUT2D eigenvalue weighted by Crippen LogP contribution is 2.40. The summed E-state index contributed by atoms with van der Waals surface area (Å²) < 4.78 is 34.1. The number of hydrogen-bond acceptors (Lipinski definition) is 3. The number of aryl methyl sites for hydroxylation is 3. The van der Waals surface area contributed by atoms with E-state index < -0.39 is 10.0 Å². The molecule has 1 spiro atoms. The fourth-order valence-electron chi connectivity index (χ4n) is 4.17. The van der Waals surface area contributed by atoms with Gasteiger partial charge in [0.2, 0.25) is 10.0 Å². The van der Waals surface area contributed by atoms with E-state index >= 15 is 0 Å². The van der Waals surface area contributed by atoms with Gasteiger partial charge in [-0.2, -0.15) is 4.31 Å². The molecule has 1 fully saturated rings. The van der Waals surface area contributed by atoms with Crippen molar-refractivity contribution in [2.75, 3.05) is 13.1 Å². The Balaban J connectivity index is 1.52. The molecule has 0 amide bonds. The van der Waals surface area contributed by atoms with Crippen LogP contribution in [0.5, 0.6) is 5.75 Å². The molecule has 2 aliphatic rings. The molecule has 2 aliphatic heterocycles. The molecule has 2 aromatic rings. The Morgan fingerprint density at radius 2 is 1.73 bits per heavy atom. The molecular formula is C21H25NO3S. The Bertz CT molecular complexity index is 928. The lowest BCUT2D eigenvalue weighted by atomic mass is 9.84. The van der Waals surface area contributed by atoms with Gasteiger partial charge >= 0.3 is 0 Å². The van der Waals surface area contributed by atoms with Gasteiger partial charge < -0.3 is 4.74 Å². The molecule has 0 atom stereocenters. The zero-order chi connectivity index (χ0) is 18.4. The molecule has 4 rings (SSSR count). The number of piperidine rings is 1. The van der Waals surface area contributed by atoms with Gasteiger partial charge in [0.1, 0.15) is 11.4 Å². The van der Waals surface area contributed by atoms with Crippen LogP contribution in [0.4, 0.5) is 0 Å². The third-order valence-corrected chi connectivity index (χ3v) is 7.79. The molecule has 0 saturated carbocycles. The van der Waals surface area contributed by atoms with E-state index in [4.69, 9.17) is 4.74 Å². The van der Waals surface area contributed by atoms with Crippen LogP contribution in [0.15, 0.2) is 47.4 Å². The van der Waals surface area contributed by atoms with E-state index in [2.05, 4.69) is 6.07 Å². The average Bonchev–Trinajstić information content (AvgIpc) is 2.62. The zero-order valence-corrected chi connectivity index (χ0v) is 16.2. The van der Waals surface area contributed by atoms with Gasteiger partial charge in [0, 0.05) is 25.9 Å². The van der Waals surface area contributed by atoms with Gasteiger partial charge in [-0.25, -0.2) is 8.42 Å². The summed E-state index contributed by atoms with van der Waals surface area (Å²) in [6, 6.07) is 13.7. The van der Waals surface area contributed by atoms with Crippen molar-refractivity contribution < 1.29 is 13.2 Å². The maximum absolute atomic E-state index is 13.1. The van der Waals surface area contributed by atoms with Crippen molar-refractivity contribution in [1.82, 2.24) is 4.31 Å². The summed E-state index contributed by atoms with van der Waals surface area (Å²) in [6.45, 7) is 4.87. The quantitative estimate of drug-likeness (QED) is 0.805. The van der Waals surface area contributed by atoms with Crippen LogP contribution in [0.2, 0.25) is 0 Å². The first-order valence-electron chi connectivity index (χ1n) is 9.24. The second kappa shape index (κ2) is 6.39. The Morgan fingerprint density at radius 3 is 2.46 bits per heavy atom. The van der Waals surface area contributed by atoms with Gasteiger partial charge in [-0.15, -0.1) is 0 Å². The summed E-state index contributed by atoms with van der Waals surface area (Å²) in [5.74, 6) is 0.962. The van der Waals surface area contributed by atoms with E-state index in [1.54, 1.807) is 10.4 Å². The van der Waals surface area contributed by atoms with Crippen LogP contribution in [0, 0.1) is 13.8 Å². The first-order valence-corrected chi connectivity index (χ1v) is 10.7. The number of para-hydroxylation sites is 1. The third kappa shape index (κ3) is 3.03. The summed E-state index contributed by atoms with van der Waals surface area (Å²) in [6.07, 6.45) is 3.44. The predicted molar refractivity (Wildman–Crippen MR) is 102 cm³/mol. The molecule has 0 unspecified atom stereocenters. The minimum Gasteiger partial charge on any atom is -0.487 e. The van der Waals surface area contributed by atoms with E-state index in [-0.39, 0.29) is 5.60 Å². The van der Waals surface area contributed by atoms with Gasteiger partial charge in [0.05, 0.1) is 4.90 Å². The minimum absolute atomic E-state index is 0.220. The number of rotatable bonds is 2. The summed E-state index contributed by atoms with van der Waals surface area (Å²) >= 11 is 0. The lowest BCUT2D eigenvalue weighted by Crippen LogP contribution is -2.51. The lowest BCUT2D eigenvalue weighted by Gasteiger charge is -2.44. The standard InChI is InChI=1S/C21H25NO3S/c1-16-7-8-20(17(2)15-16)26(23,24)22-13-11-21(12-14-22)10-9-18-5-3-4-6-19(18)25-21/h3-8,15H,9-14H2,1-2H3. The van der Waals surface area contributed by atoms with Crippen molar-refractivity contribution in [2.24, 2.45) is 0 Å². The summed E-state index contributed by atoms with van der Waals surface area (Å²) in [7, 11) is -3.45. The maximum Gasteiger partial charge on any atom is 0.243 e. The lowest BCUT2D eigenvalue weighted by molar-refractivity contribution is 0.00181. The van der Waals surface area contributed by atoms with Crippen LogP contribution < -0.4 is 4.74 Å². The number of nitrogens with zero attached hydrogens (tertiary/aromatic N) is 1. The topological polar surface area (TPSA) is 46.6 Å². The van der Waals surface area contributed by atoms with Gasteiger partial charge in [-0.1, -0.05) is 35.9 Å². The van der Waals surface area contributed by atoms with E-state index in [0.717, 1.165) is 42.6 Å². The molecule has 26 heavy (non-hydrogen) atoms. The highest BCUT2D eigenvalue weighted by atomic mass is 32.2. The van der Waals surface area contributed by atoms with Crippen molar-refractivity contribution in [3.63, 3.8) is 0 Å². The predicted octanol–water partition coefficient (Wildman–Crippen LogP) is 3.85. The Hall–Kier alpha value is -1.85. The van der Waals surface area contributed by atoms with Crippen LogP contribution in [0.3, 0.4) is 0 Å².